The minimum atomic E-state index is -1.26. The molecule has 4 nitrogen and oxygen atoms in total. The number of nitrogens with zero attached hydrogens (tertiary/aromatic N) is 1. The average Bonchev–Trinajstić information content (AvgIpc) is 3.10. The van der Waals surface area contributed by atoms with Gasteiger partial charge >= 0.3 is 0 Å². The largest absolute Gasteiger partial charge is 0.353 e. The van der Waals surface area contributed by atoms with Crippen molar-refractivity contribution in [2.24, 2.45) is 5.92 Å². The molecule has 0 bridgehead atoms. The molecule has 1 amide bonds. The lowest BCUT2D eigenvalue weighted by atomic mass is 9.98. The van der Waals surface area contributed by atoms with Crippen molar-refractivity contribution in [1.29, 1.82) is 0 Å². The van der Waals surface area contributed by atoms with Crippen molar-refractivity contribution in [2.75, 3.05) is 13.1 Å². The summed E-state index contributed by atoms with van der Waals surface area (Å²) in [5.41, 5.74) is 0.857. The normalized spacial score (nSPS) is 24.0. The standard InChI is InChI=1S/C18H25ClN2O2S/c1-13-16(19)9-4-10-17(13)24(23)21-11-5-6-14(12-21)18(22)20-15-7-2-3-8-15/h4,9-10,14-15H,2-3,5-8,11-12H2,1H3,(H,20,22). The number of hydrogen-bond donors (Lipinski definition) is 1. The Morgan fingerprint density at radius 2 is 2.00 bits per heavy atom. The summed E-state index contributed by atoms with van der Waals surface area (Å²) in [6, 6.07) is 5.84. The highest BCUT2D eigenvalue weighted by molar-refractivity contribution is 7.82. The van der Waals surface area contributed by atoms with Crippen LogP contribution in [0.3, 0.4) is 0 Å². The van der Waals surface area contributed by atoms with E-state index in [0.717, 1.165) is 42.7 Å². The fourth-order valence-electron chi connectivity index (χ4n) is 3.61. The highest BCUT2D eigenvalue weighted by Gasteiger charge is 2.31. The van der Waals surface area contributed by atoms with Gasteiger partial charge in [-0.1, -0.05) is 30.5 Å². The molecule has 132 valence electrons. The summed E-state index contributed by atoms with van der Waals surface area (Å²) < 4.78 is 14.8. The molecule has 1 N–H and O–H groups in total. The third kappa shape index (κ3) is 4.01. The fourth-order valence-corrected chi connectivity index (χ4v) is 5.30. The molecule has 0 aromatic heterocycles. The van der Waals surface area contributed by atoms with Crippen molar-refractivity contribution in [3.63, 3.8) is 0 Å². The third-order valence-electron chi connectivity index (χ3n) is 5.10. The number of hydrogen-bond acceptors (Lipinski definition) is 2. The maximum atomic E-state index is 12.9. The first-order valence-corrected chi connectivity index (χ1v) is 10.3. The van der Waals surface area contributed by atoms with Crippen LogP contribution in [-0.2, 0) is 15.8 Å². The van der Waals surface area contributed by atoms with Crippen LogP contribution in [0.5, 0.6) is 0 Å². The van der Waals surface area contributed by atoms with Gasteiger partial charge in [0, 0.05) is 24.2 Å². The Balaban J connectivity index is 1.65. The molecular formula is C18H25ClN2O2S. The van der Waals surface area contributed by atoms with E-state index in [1.165, 1.54) is 12.8 Å². The van der Waals surface area contributed by atoms with Crippen LogP contribution in [-0.4, -0.2) is 33.6 Å². The molecule has 2 unspecified atom stereocenters. The van der Waals surface area contributed by atoms with Crippen molar-refractivity contribution < 1.29 is 9.00 Å². The van der Waals surface area contributed by atoms with Crippen LogP contribution >= 0.6 is 11.6 Å². The predicted molar refractivity (Wildman–Crippen MR) is 97.3 cm³/mol. The van der Waals surface area contributed by atoms with Crippen LogP contribution in [0.4, 0.5) is 0 Å². The zero-order valence-corrected chi connectivity index (χ0v) is 15.7. The molecule has 1 aliphatic heterocycles. The van der Waals surface area contributed by atoms with E-state index >= 15 is 0 Å². The van der Waals surface area contributed by atoms with E-state index in [2.05, 4.69) is 5.32 Å². The fraction of sp³-hybridized carbons (Fsp3) is 0.611. The maximum absolute atomic E-state index is 12.9. The zero-order chi connectivity index (χ0) is 17.1. The number of nitrogens with one attached hydrogen (secondary N) is 1. The SMILES string of the molecule is Cc1c(Cl)cccc1S(=O)N1CCCC(C(=O)NC2CCCC2)C1. The Hall–Kier alpha value is -0.910. The molecule has 6 heteroatoms. The molecule has 1 heterocycles. The quantitative estimate of drug-likeness (QED) is 0.884. The van der Waals surface area contributed by atoms with Crippen LogP contribution in [0.2, 0.25) is 5.02 Å². The molecule has 0 radical (unpaired) electrons. The van der Waals surface area contributed by atoms with Crippen molar-refractivity contribution in [2.45, 2.75) is 56.4 Å². The number of piperidine rings is 1. The monoisotopic (exact) mass is 368 g/mol. The molecule has 1 aliphatic carbocycles. The highest BCUT2D eigenvalue weighted by atomic mass is 35.5. The summed E-state index contributed by atoms with van der Waals surface area (Å²) in [6.45, 7) is 3.20. The third-order valence-corrected chi connectivity index (χ3v) is 7.13. The van der Waals surface area contributed by atoms with Crippen LogP contribution in [0.25, 0.3) is 0 Å². The van der Waals surface area contributed by atoms with Gasteiger partial charge in [0.1, 0.15) is 11.0 Å². The summed E-state index contributed by atoms with van der Waals surface area (Å²) in [5.74, 6) is 0.0641. The van der Waals surface area contributed by atoms with Crippen LogP contribution in [0.15, 0.2) is 23.1 Å². The van der Waals surface area contributed by atoms with Crippen molar-refractivity contribution in [3.05, 3.63) is 28.8 Å². The van der Waals surface area contributed by atoms with Crippen molar-refractivity contribution in [1.82, 2.24) is 9.62 Å². The van der Waals surface area contributed by atoms with Gasteiger partial charge in [-0.2, -0.15) is 0 Å². The van der Waals surface area contributed by atoms with Gasteiger partial charge < -0.3 is 5.32 Å². The van der Waals surface area contributed by atoms with Gasteiger partial charge in [0.15, 0.2) is 0 Å². The minimum absolute atomic E-state index is 0.0669. The summed E-state index contributed by atoms with van der Waals surface area (Å²) in [4.78, 5) is 13.3. The maximum Gasteiger partial charge on any atom is 0.224 e. The van der Waals surface area contributed by atoms with Gasteiger partial charge in [0.05, 0.1) is 10.8 Å². The van der Waals surface area contributed by atoms with E-state index < -0.39 is 11.0 Å². The van der Waals surface area contributed by atoms with Gasteiger partial charge in [-0.05, 0) is 50.3 Å². The van der Waals surface area contributed by atoms with Gasteiger partial charge in [-0.15, -0.1) is 0 Å². The van der Waals surface area contributed by atoms with Gasteiger partial charge in [-0.25, -0.2) is 8.51 Å². The molecule has 3 rings (SSSR count). The van der Waals surface area contributed by atoms with Crippen molar-refractivity contribution >= 4 is 28.5 Å². The first-order valence-electron chi connectivity index (χ1n) is 8.78. The van der Waals surface area contributed by atoms with E-state index in [1.807, 2.05) is 29.4 Å². The van der Waals surface area contributed by atoms with E-state index in [0.29, 0.717) is 17.6 Å². The Labute approximate surface area is 151 Å². The molecule has 1 saturated heterocycles. The second-order valence-electron chi connectivity index (χ2n) is 6.83. The summed E-state index contributed by atoms with van der Waals surface area (Å²) in [6.07, 6.45) is 6.38. The lowest BCUT2D eigenvalue weighted by molar-refractivity contribution is -0.126. The number of amides is 1. The van der Waals surface area contributed by atoms with Crippen LogP contribution in [0.1, 0.15) is 44.1 Å². The molecule has 2 aliphatic rings. The molecule has 2 atom stereocenters. The van der Waals surface area contributed by atoms with E-state index in [9.17, 15) is 9.00 Å². The van der Waals surface area contributed by atoms with E-state index in [-0.39, 0.29) is 11.8 Å². The Bertz CT molecular complexity index is 631. The first-order chi connectivity index (χ1) is 11.6. The topological polar surface area (TPSA) is 49.4 Å². The van der Waals surface area contributed by atoms with Gasteiger partial charge in [-0.3, -0.25) is 4.79 Å². The first kappa shape index (κ1) is 17.9. The van der Waals surface area contributed by atoms with E-state index in [1.54, 1.807) is 0 Å². The average molecular weight is 369 g/mol. The molecule has 1 aromatic carbocycles. The molecule has 1 aromatic rings. The lowest BCUT2D eigenvalue weighted by Crippen LogP contribution is -2.45. The summed E-state index contributed by atoms with van der Waals surface area (Å²) in [7, 11) is -1.26. The molecule has 24 heavy (non-hydrogen) atoms. The number of carbonyl (C=O) groups is 1. The highest BCUT2D eigenvalue weighted by Crippen LogP contribution is 2.27. The number of benzene rings is 1. The molecule has 1 saturated carbocycles. The van der Waals surface area contributed by atoms with Crippen LogP contribution in [0, 0.1) is 12.8 Å². The Kier molecular flexibility index (Phi) is 5.95. The number of rotatable bonds is 4. The molecule has 0 spiro atoms. The van der Waals surface area contributed by atoms with Crippen molar-refractivity contribution in [3.8, 4) is 0 Å². The lowest BCUT2D eigenvalue weighted by Gasteiger charge is -2.31. The second-order valence-corrected chi connectivity index (χ2v) is 8.69. The zero-order valence-electron chi connectivity index (χ0n) is 14.1. The predicted octanol–water partition coefficient (Wildman–Crippen LogP) is 3.44. The van der Waals surface area contributed by atoms with Gasteiger partial charge in [0.2, 0.25) is 5.91 Å². The number of halogens is 1. The smallest absolute Gasteiger partial charge is 0.224 e. The molecule has 2 fully saturated rings. The Morgan fingerprint density at radius 1 is 1.25 bits per heavy atom. The van der Waals surface area contributed by atoms with Crippen LogP contribution < -0.4 is 5.32 Å². The minimum Gasteiger partial charge on any atom is -0.353 e. The Morgan fingerprint density at radius 3 is 2.75 bits per heavy atom. The second kappa shape index (κ2) is 7.98. The molecular weight excluding hydrogens is 344 g/mol. The summed E-state index contributed by atoms with van der Waals surface area (Å²) in [5, 5.41) is 3.82. The summed E-state index contributed by atoms with van der Waals surface area (Å²) >= 11 is 6.15. The number of carbonyl (C=O) groups excluding carboxylic acids is 1. The van der Waals surface area contributed by atoms with Gasteiger partial charge in [0.25, 0.3) is 0 Å². The van der Waals surface area contributed by atoms with E-state index in [4.69, 9.17) is 11.6 Å².